The summed E-state index contributed by atoms with van der Waals surface area (Å²) in [7, 11) is 0. The molecule has 3 rings (SSSR count). The van der Waals surface area contributed by atoms with Gasteiger partial charge in [0.2, 0.25) is 5.95 Å². The van der Waals surface area contributed by atoms with Crippen LogP contribution in [0.15, 0.2) is 61.2 Å². The molecule has 0 spiro atoms. The molecule has 0 saturated carbocycles. The molecule has 6 nitrogen and oxygen atoms in total. The number of benzene rings is 1. The van der Waals surface area contributed by atoms with E-state index in [2.05, 4.69) is 25.6 Å². The zero-order valence-electron chi connectivity index (χ0n) is 13.3. The number of amides is 1. The van der Waals surface area contributed by atoms with Crippen LogP contribution in [0.5, 0.6) is 0 Å². The largest absolute Gasteiger partial charge is 0.350 e. The molecular formula is C18H16ClN5O. The van der Waals surface area contributed by atoms with Crippen molar-refractivity contribution in [1.82, 2.24) is 20.3 Å². The van der Waals surface area contributed by atoms with E-state index in [1.165, 1.54) is 12.4 Å². The van der Waals surface area contributed by atoms with E-state index < -0.39 is 0 Å². The summed E-state index contributed by atoms with van der Waals surface area (Å²) in [5.41, 5.74) is 2.33. The highest BCUT2D eigenvalue weighted by atomic mass is 35.5. The number of halogens is 1. The molecule has 1 aromatic carbocycles. The summed E-state index contributed by atoms with van der Waals surface area (Å²) in [5, 5.41) is 6.58. The van der Waals surface area contributed by atoms with Crippen molar-refractivity contribution in [1.29, 1.82) is 0 Å². The first-order chi connectivity index (χ1) is 12.2. The second kappa shape index (κ2) is 8.21. The Labute approximate surface area is 150 Å². The van der Waals surface area contributed by atoms with Crippen LogP contribution in [-0.4, -0.2) is 20.9 Å². The number of hydrogen-bond donors (Lipinski definition) is 2. The van der Waals surface area contributed by atoms with Crippen molar-refractivity contribution in [3.05, 3.63) is 82.9 Å². The van der Waals surface area contributed by atoms with Crippen LogP contribution in [0.2, 0.25) is 5.02 Å². The SMILES string of the molecule is O=C(NCc1ccncc1)c1cnc(NCc2ccccc2Cl)nc1. The molecule has 0 aliphatic carbocycles. The van der Waals surface area contributed by atoms with Crippen molar-refractivity contribution in [2.45, 2.75) is 13.1 Å². The highest BCUT2D eigenvalue weighted by molar-refractivity contribution is 6.31. The van der Waals surface area contributed by atoms with Gasteiger partial charge in [0.25, 0.3) is 5.91 Å². The summed E-state index contributed by atoms with van der Waals surface area (Å²) in [5.74, 6) is 0.208. The van der Waals surface area contributed by atoms with Crippen molar-refractivity contribution < 1.29 is 4.79 Å². The van der Waals surface area contributed by atoms with E-state index in [4.69, 9.17) is 11.6 Å². The van der Waals surface area contributed by atoms with E-state index >= 15 is 0 Å². The molecule has 0 saturated heterocycles. The van der Waals surface area contributed by atoms with Gasteiger partial charge in [-0.05, 0) is 29.3 Å². The van der Waals surface area contributed by atoms with Gasteiger partial charge in [-0.3, -0.25) is 9.78 Å². The third kappa shape index (κ3) is 4.74. The zero-order valence-corrected chi connectivity index (χ0v) is 14.1. The molecule has 2 N–H and O–H groups in total. The predicted molar refractivity (Wildman–Crippen MR) is 96.2 cm³/mol. The summed E-state index contributed by atoms with van der Waals surface area (Å²) < 4.78 is 0. The molecule has 0 unspecified atom stereocenters. The Bertz CT molecular complexity index is 840. The van der Waals surface area contributed by atoms with Gasteiger partial charge >= 0.3 is 0 Å². The van der Waals surface area contributed by atoms with Gasteiger partial charge < -0.3 is 10.6 Å². The molecule has 0 fully saturated rings. The van der Waals surface area contributed by atoms with Gasteiger partial charge in [-0.25, -0.2) is 9.97 Å². The van der Waals surface area contributed by atoms with Gasteiger partial charge in [-0.2, -0.15) is 0 Å². The molecular weight excluding hydrogens is 338 g/mol. The molecule has 3 aromatic rings. The first-order valence-corrected chi connectivity index (χ1v) is 8.06. The number of rotatable bonds is 6. The first-order valence-electron chi connectivity index (χ1n) is 7.69. The van der Waals surface area contributed by atoms with Crippen molar-refractivity contribution in [2.75, 3.05) is 5.32 Å². The number of hydrogen-bond acceptors (Lipinski definition) is 5. The van der Waals surface area contributed by atoms with E-state index in [1.54, 1.807) is 12.4 Å². The van der Waals surface area contributed by atoms with Crippen molar-refractivity contribution >= 4 is 23.5 Å². The molecule has 0 atom stereocenters. The lowest BCUT2D eigenvalue weighted by atomic mass is 10.2. The monoisotopic (exact) mass is 353 g/mol. The number of carbonyl (C=O) groups is 1. The average molecular weight is 354 g/mol. The van der Waals surface area contributed by atoms with Crippen LogP contribution < -0.4 is 10.6 Å². The number of anilines is 1. The molecule has 25 heavy (non-hydrogen) atoms. The van der Waals surface area contributed by atoms with Crippen LogP contribution in [0, 0.1) is 0 Å². The molecule has 0 radical (unpaired) electrons. The fraction of sp³-hybridized carbons (Fsp3) is 0.111. The van der Waals surface area contributed by atoms with E-state index in [9.17, 15) is 4.79 Å². The highest BCUT2D eigenvalue weighted by Crippen LogP contribution is 2.15. The van der Waals surface area contributed by atoms with Gasteiger partial charge in [-0.15, -0.1) is 0 Å². The fourth-order valence-electron chi connectivity index (χ4n) is 2.14. The second-order valence-electron chi connectivity index (χ2n) is 5.28. The molecule has 2 heterocycles. The van der Waals surface area contributed by atoms with Crippen LogP contribution in [0.1, 0.15) is 21.5 Å². The molecule has 7 heteroatoms. The maximum Gasteiger partial charge on any atom is 0.254 e. The van der Waals surface area contributed by atoms with Crippen LogP contribution >= 0.6 is 11.6 Å². The summed E-state index contributed by atoms with van der Waals surface area (Å²) in [4.78, 5) is 24.4. The van der Waals surface area contributed by atoms with Crippen LogP contribution in [0.3, 0.4) is 0 Å². The smallest absolute Gasteiger partial charge is 0.254 e. The van der Waals surface area contributed by atoms with E-state index in [0.29, 0.717) is 29.6 Å². The predicted octanol–water partition coefficient (Wildman–Crippen LogP) is 3.07. The van der Waals surface area contributed by atoms with Gasteiger partial charge in [0.05, 0.1) is 5.56 Å². The molecule has 126 valence electrons. The highest BCUT2D eigenvalue weighted by Gasteiger charge is 2.07. The third-order valence-electron chi connectivity index (χ3n) is 3.51. The lowest BCUT2D eigenvalue weighted by Gasteiger charge is -2.08. The normalized spacial score (nSPS) is 10.3. The Morgan fingerprint density at radius 1 is 1.00 bits per heavy atom. The summed E-state index contributed by atoms with van der Waals surface area (Å²) in [6.45, 7) is 0.932. The molecule has 2 aromatic heterocycles. The van der Waals surface area contributed by atoms with Crippen molar-refractivity contribution in [2.24, 2.45) is 0 Å². The topological polar surface area (TPSA) is 79.8 Å². The third-order valence-corrected chi connectivity index (χ3v) is 3.88. The van der Waals surface area contributed by atoms with Crippen LogP contribution in [0.4, 0.5) is 5.95 Å². The molecule has 0 aliphatic rings. The number of carbonyl (C=O) groups excluding carboxylic acids is 1. The quantitative estimate of drug-likeness (QED) is 0.712. The standard InChI is InChI=1S/C18H16ClN5O/c19-16-4-2-1-3-14(16)10-22-18-23-11-15(12-24-18)17(25)21-9-13-5-7-20-8-6-13/h1-8,11-12H,9-10H2,(H,21,25)(H,22,23,24). The Hall–Kier alpha value is -2.99. The summed E-state index contributed by atoms with van der Waals surface area (Å²) >= 11 is 6.10. The fourth-order valence-corrected chi connectivity index (χ4v) is 2.34. The number of aromatic nitrogens is 3. The molecule has 1 amide bonds. The van der Waals surface area contributed by atoms with E-state index in [-0.39, 0.29) is 5.91 Å². The van der Waals surface area contributed by atoms with Gasteiger partial charge in [0.1, 0.15) is 0 Å². The van der Waals surface area contributed by atoms with Crippen molar-refractivity contribution in [3.63, 3.8) is 0 Å². The maximum atomic E-state index is 12.1. The summed E-state index contributed by atoms with van der Waals surface area (Å²) in [6, 6.07) is 11.2. The van der Waals surface area contributed by atoms with Gasteiger partial charge in [-0.1, -0.05) is 29.8 Å². The number of pyridine rings is 1. The minimum atomic E-state index is -0.227. The lowest BCUT2D eigenvalue weighted by molar-refractivity contribution is 0.0950. The Morgan fingerprint density at radius 2 is 1.72 bits per heavy atom. The number of nitrogens with one attached hydrogen (secondary N) is 2. The van der Waals surface area contributed by atoms with Crippen LogP contribution in [0.25, 0.3) is 0 Å². The Kier molecular flexibility index (Phi) is 5.53. The van der Waals surface area contributed by atoms with Gasteiger partial charge in [0.15, 0.2) is 0 Å². The minimum absolute atomic E-state index is 0.227. The maximum absolute atomic E-state index is 12.1. The van der Waals surface area contributed by atoms with E-state index in [1.807, 2.05) is 36.4 Å². The van der Waals surface area contributed by atoms with Crippen LogP contribution in [-0.2, 0) is 13.1 Å². The Morgan fingerprint density at radius 3 is 2.44 bits per heavy atom. The second-order valence-corrected chi connectivity index (χ2v) is 5.69. The molecule has 0 aliphatic heterocycles. The average Bonchev–Trinajstić information content (AvgIpc) is 2.67. The van der Waals surface area contributed by atoms with Crippen molar-refractivity contribution in [3.8, 4) is 0 Å². The minimum Gasteiger partial charge on any atom is -0.350 e. The Balaban J connectivity index is 1.54. The zero-order chi connectivity index (χ0) is 17.5. The van der Waals surface area contributed by atoms with Gasteiger partial charge in [0, 0.05) is 42.9 Å². The molecule has 0 bridgehead atoms. The lowest BCUT2D eigenvalue weighted by Crippen LogP contribution is -2.23. The number of nitrogens with zero attached hydrogens (tertiary/aromatic N) is 3. The first kappa shape index (κ1) is 16.9. The van der Waals surface area contributed by atoms with E-state index in [0.717, 1.165) is 11.1 Å². The summed E-state index contributed by atoms with van der Waals surface area (Å²) in [6.07, 6.45) is 6.35.